The van der Waals surface area contributed by atoms with Crippen LogP contribution in [-0.2, 0) is 0 Å². The summed E-state index contributed by atoms with van der Waals surface area (Å²) in [5.41, 5.74) is 0. The highest BCUT2D eigenvalue weighted by atomic mass is 35.5. The molecule has 0 aliphatic heterocycles. The number of hydrogen-bond acceptors (Lipinski definition) is 3. The minimum Gasteiger partial charge on any atom is -0.366 e. The van der Waals surface area contributed by atoms with Crippen LogP contribution in [0.15, 0.2) is 12.1 Å². The molecule has 0 aromatic carbocycles. The summed E-state index contributed by atoms with van der Waals surface area (Å²) in [6.45, 7) is 2.21. The maximum atomic E-state index is 5.59. The van der Waals surface area contributed by atoms with E-state index in [0.29, 0.717) is 11.2 Å². The number of aromatic nitrogens is 2. The number of rotatable bonds is 2. The molecule has 1 aliphatic carbocycles. The lowest BCUT2D eigenvalue weighted by Crippen LogP contribution is -2.05. The van der Waals surface area contributed by atoms with E-state index in [9.17, 15) is 0 Å². The van der Waals surface area contributed by atoms with E-state index in [1.54, 1.807) is 6.07 Å². The Bertz CT molecular complexity index is 272. The lowest BCUT2D eigenvalue weighted by atomic mass is 10.4. The van der Waals surface area contributed by atoms with Gasteiger partial charge < -0.3 is 5.32 Å². The van der Waals surface area contributed by atoms with E-state index in [4.69, 9.17) is 11.6 Å². The van der Waals surface area contributed by atoms with Crippen LogP contribution in [0.2, 0.25) is 5.15 Å². The van der Waals surface area contributed by atoms with Crippen molar-refractivity contribution in [3.05, 3.63) is 17.3 Å². The van der Waals surface area contributed by atoms with Gasteiger partial charge in [-0.2, -0.15) is 0 Å². The highest BCUT2D eigenvalue weighted by Crippen LogP contribution is 2.31. The fourth-order valence-corrected chi connectivity index (χ4v) is 1.21. The van der Waals surface area contributed by atoms with Gasteiger partial charge in [0, 0.05) is 6.04 Å². The van der Waals surface area contributed by atoms with Crippen molar-refractivity contribution < 1.29 is 0 Å². The summed E-state index contributed by atoms with van der Waals surface area (Å²) in [6.07, 6.45) is 1.23. The number of nitrogens with zero attached hydrogens (tertiary/aromatic N) is 2. The smallest absolute Gasteiger partial charge is 0.151 e. The summed E-state index contributed by atoms with van der Waals surface area (Å²) in [4.78, 5) is 0. The molecular formula is C8H10ClN3. The van der Waals surface area contributed by atoms with Gasteiger partial charge in [-0.1, -0.05) is 18.5 Å². The largest absolute Gasteiger partial charge is 0.366 e. The van der Waals surface area contributed by atoms with E-state index < -0.39 is 0 Å². The summed E-state index contributed by atoms with van der Waals surface area (Å²) >= 11 is 5.59. The van der Waals surface area contributed by atoms with Crippen molar-refractivity contribution in [2.45, 2.75) is 19.4 Å². The molecule has 12 heavy (non-hydrogen) atoms. The van der Waals surface area contributed by atoms with Crippen molar-refractivity contribution in [2.24, 2.45) is 5.92 Å². The minimum atomic E-state index is 0.435. The second-order valence-electron chi connectivity index (χ2n) is 3.21. The molecule has 0 bridgehead atoms. The fraction of sp³-hybridized carbons (Fsp3) is 0.500. The Morgan fingerprint density at radius 2 is 2.25 bits per heavy atom. The van der Waals surface area contributed by atoms with Crippen LogP contribution in [0.25, 0.3) is 0 Å². The zero-order chi connectivity index (χ0) is 8.55. The van der Waals surface area contributed by atoms with Gasteiger partial charge in [0.05, 0.1) is 0 Å². The Balaban J connectivity index is 2.00. The number of nitrogens with one attached hydrogen (secondary N) is 1. The quantitative estimate of drug-likeness (QED) is 0.762. The molecule has 3 nitrogen and oxygen atoms in total. The SMILES string of the molecule is CC1CC1Nc1ccc(Cl)nn1. The van der Waals surface area contributed by atoms with Crippen molar-refractivity contribution in [2.75, 3.05) is 5.32 Å². The Labute approximate surface area is 76.1 Å². The van der Waals surface area contributed by atoms with E-state index in [-0.39, 0.29) is 0 Å². The maximum Gasteiger partial charge on any atom is 0.151 e. The van der Waals surface area contributed by atoms with Crippen molar-refractivity contribution in [1.29, 1.82) is 0 Å². The molecule has 1 N–H and O–H groups in total. The third-order valence-electron chi connectivity index (χ3n) is 2.07. The molecule has 1 saturated carbocycles. The summed E-state index contributed by atoms with van der Waals surface area (Å²) in [5.74, 6) is 1.58. The highest BCUT2D eigenvalue weighted by Gasteiger charge is 2.32. The molecule has 0 saturated heterocycles. The summed E-state index contributed by atoms with van der Waals surface area (Å²) in [7, 11) is 0. The van der Waals surface area contributed by atoms with Crippen LogP contribution in [0.3, 0.4) is 0 Å². The van der Waals surface area contributed by atoms with Crippen LogP contribution in [0.1, 0.15) is 13.3 Å². The summed E-state index contributed by atoms with van der Waals surface area (Å²) in [6, 6.07) is 4.17. The predicted molar refractivity (Wildman–Crippen MR) is 48.2 cm³/mol. The Hall–Kier alpha value is -0.830. The molecule has 2 rings (SSSR count). The van der Waals surface area contributed by atoms with E-state index in [1.165, 1.54) is 6.42 Å². The van der Waals surface area contributed by atoms with Gasteiger partial charge in [0.25, 0.3) is 0 Å². The zero-order valence-corrected chi connectivity index (χ0v) is 7.54. The number of hydrogen-bond donors (Lipinski definition) is 1. The molecule has 1 aliphatic rings. The molecule has 1 fully saturated rings. The average Bonchev–Trinajstić information content (AvgIpc) is 2.72. The molecule has 4 heteroatoms. The van der Waals surface area contributed by atoms with Crippen molar-refractivity contribution >= 4 is 17.4 Å². The average molecular weight is 184 g/mol. The first kappa shape index (κ1) is 7.80. The van der Waals surface area contributed by atoms with Crippen LogP contribution in [0.5, 0.6) is 0 Å². The molecular weight excluding hydrogens is 174 g/mol. The van der Waals surface area contributed by atoms with Gasteiger partial charge >= 0.3 is 0 Å². The second kappa shape index (κ2) is 2.90. The van der Waals surface area contributed by atoms with E-state index >= 15 is 0 Å². The Kier molecular flexibility index (Phi) is 1.89. The fourth-order valence-electron chi connectivity index (χ4n) is 1.11. The van der Waals surface area contributed by atoms with Crippen LogP contribution in [0.4, 0.5) is 5.82 Å². The van der Waals surface area contributed by atoms with Crippen molar-refractivity contribution in [1.82, 2.24) is 10.2 Å². The van der Waals surface area contributed by atoms with Crippen LogP contribution in [-0.4, -0.2) is 16.2 Å². The molecule has 64 valence electrons. The lowest BCUT2D eigenvalue weighted by molar-refractivity contribution is 0.912. The molecule has 0 amide bonds. The first-order valence-electron chi connectivity index (χ1n) is 4.01. The topological polar surface area (TPSA) is 37.8 Å². The van der Waals surface area contributed by atoms with E-state index in [2.05, 4.69) is 22.4 Å². The second-order valence-corrected chi connectivity index (χ2v) is 3.59. The van der Waals surface area contributed by atoms with Gasteiger partial charge in [-0.25, -0.2) is 0 Å². The first-order valence-corrected chi connectivity index (χ1v) is 4.39. The lowest BCUT2D eigenvalue weighted by Gasteiger charge is -2.01. The van der Waals surface area contributed by atoms with Gasteiger partial charge in [-0.05, 0) is 24.5 Å². The summed E-state index contributed by atoms with van der Waals surface area (Å²) < 4.78 is 0. The molecule has 2 atom stereocenters. The third kappa shape index (κ3) is 1.67. The van der Waals surface area contributed by atoms with Crippen LogP contribution < -0.4 is 5.32 Å². The van der Waals surface area contributed by atoms with Gasteiger partial charge in [0.15, 0.2) is 5.15 Å². The maximum absolute atomic E-state index is 5.59. The highest BCUT2D eigenvalue weighted by molar-refractivity contribution is 6.29. The van der Waals surface area contributed by atoms with Gasteiger partial charge in [0.2, 0.25) is 0 Å². The van der Waals surface area contributed by atoms with Crippen LogP contribution >= 0.6 is 11.6 Å². The van der Waals surface area contributed by atoms with Gasteiger partial charge in [-0.3, -0.25) is 0 Å². The Morgan fingerprint density at radius 3 is 2.75 bits per heavy atom. The van der Waals surface area contributed by atoms with Gasteiger partial charge in [-0.15, -0.1) is 10.2 Å². The van der Waals surface area contributed by atoms with Crippen LogP contribution in [0, 0.1) is 5.92 Å². The molecule has 1 aromatic heterocycles. The Morgan fingerprint density at radius 1 is 1.50 bits per heavy atom. The van der Waals surface area contributed by atoms with Crippen molar-refractivity contribution in [3.8, 4) is 0 Å². The monoisotopic (exact) mass is 183 g/mol. The first-order chi connectivity index (χ1) is 5.75. The zero-order valence-electron chi connectivity index (χ0n) is 6.79. The van der Waals surface area contributed by atoms with E-state index in [1.807, 2.05) is 6.07 Å². The number of halogens is 1. The molecule has 2 unspecified atom stereocenters. The van der Waals surface area contributed by atoms with E-state index in [0.717, 1.165) is 11.7 Å². The number of anilines is 1. The summed E-state index contributed by atoms with van der Waals surface area (Å²) in [5, 5.41) is 11.3. The predicted octanol–water partition coefficient (Wildman–Crippen LogP) is 1.95. The molecule has 0 spiro atoms. The normalized spacial score (nSPS) is 26.8. The minimum absolute atomic E-state index is 0.435. The standard InChI is InChI=1S/C8H10ClN3/c1-5-4-6(5)10-8-3-2-7(9)11-12-8/h2-3,5-6H,4H2,1H3,(H,10,12). The molecule has 1 heterocycles. The molecule has 0 radical (unpaired) electrons. The van der Waals surface area contributed by atoms with Gasteiger partial charge in [0.1, 0.15) is 5.82 Å². The van der Waals surface area contributed by atoms with Crippen molar-refractivity contribution in [3.63, 3.8) is 0 Å². The third-order valence-corrected chi connectivity index (χ3v) is 2.28. The molecule has 1 aromatic rings.